The van der Waals surface area contributed by atoms with Crippen molar-refractivity contribution in [1.29, 1.82) is 0 Å². The number of halogens is 3. The summed E-state index contributed by atoms with van der Waals surface area (Å²) in [5.41, 5.74) is -4.33. The summed E-state index contributed by atoms with van der Waals surface area (Å²) in [5.74, 6) is -2.20. The van der Waals surface area contributed by atoms with Gasteiger partial charge in [0, 0.05) is 18.2 Å². The van der Waals surface area contributed by atoms with Crippen LogP contribution < -0.4 is 9.19 Å². The predicted octanol–water partition coefficient (Wildman–Crippen LogP) is 4.23. The van der Waals surface area contributed by atoms with Gasteiger partial charge in [-0.3, -0.25) is 9.78 Å². The fourth-order valence-electron chi connectivity index (χ4n) is 3.34. The molecule has 33 heavy (non-hydrogen) atoms. The summed E-state index contributed by atoms with van der Waals surface area (Å²) < 4.78 is 66.4. The number of para-hydroxylation sites is 2. The largest absolute Gasteiger partial charge is 0.534 e. The highest BCUT2D eigenvalue weighted by Gasteiger charge is 2.49. The minimum absolute atomic E-state index is 0.0143. The molecule has 1 amide bonds. The third-order valence-electron chi connectivity index (χ3n) is 4.86. The normalized spacial score (nSPS) is 16.9. The number of carbonyl (C=O) groups is 1. The van der Waals surface area contributed by atoms with Gasteiger partial charge in [0.1, 0.15) is 5.75 Å². The van der Waals surface area contributed by atoms with Crippen LogP contribution in [-0.4, -0.2) is 30.5 Å². The van der Waals surface area contributed by atoms with E-state index in [0.717, 1.165) is 11.1 Å². The molecule has 0 saturated carbocycles. The SMILES string of the molecule is O=C1C(c2ccccc2OS(=O)(=O)C(F)(F)F)CC(c2ccccn2)=NN1c1ccccc1. The molecular weight excluding hydrogens is 459 g/mol. The highest BCUT2D eigenvalue weighted by molar-refractivity contribution is 7.88. The molecule has 2 heterocycles. The Morgan fingerprint density at radius 3 is 2.27 bits per heavy atom. The number of hydrogen-bond donors (Lipinski definition) is 0. The van der Waals surface area contributed by atoms with Crippen LogP contribution in [0.2, 0.25) is 0 Å². The van der Waals surface area contributed by atoms with Crippen LogP contribution in [0, 0.1) is 0 Å². The van der Waals surface area contributed by atoms with Crippen LogP contribution in [0.1, 0.15) is 23.6 Å². The van der Waals surface area contributed by atoms with Crippen molar-refractivity contribution in [3.05, 3.63) is 90.3 Å². The van der Waals surface area contributed by atoms with Crippen molar-refractivity contribution in [2.75, 3.05) is 5.01 Å². The molecule has 11 heteroatoms. The number of benzene rings is 2. The number of hydrogen-bond acceptors (Lipinski definition) is 6. The number of alkyl halides is 3. The summed E-state index contributed by atoms with van der Waals surface area (Å²) in [6.45, 7) is 0. The summed E-state index contributed by atoms with van der Waals surface area (Å²) in [6.07, 6.45) is 1.52. The van der Waals surface area contributed by atoms with Gasteiger partial charge in [-0.15, -0.1) is 0 Å². The van der Waals surface area contributed by atoms with Gasteiger partial charge in [0.2, 0.25) is 0 Å². The van der Waals surface area contributed by atoms with Gasteiger partial charge in [0.05, 0.1) is 23.0 Å². The van der Waals surface area contributed by atoms with Gasteiger partial charge in [0.25, 0.3) is 5.91 Å². The lowest BCUT2D eigenvalue weighted by atomic mass is 9.89. The molecule has 0 aliphatic carbocycles. The van der Waals surface area contributed by atoms with E-state index in [1.807, 2.05) is 0 Å². The van der Waals surface area contributed by atoms with Gasteiger partial charge in [-0.25, -0.2) is 0 Å². The van der Waals surface area contributed by atoms with Crippen molar-refractivity contribution >= 4 is 27.4 Å². The second-order valence-corrected chi connectivity index (χ2v) is 8.56. The van der Waals surface area contributed by atoms with Crippen molar-refractivity contribution in [3.63, 3.8) is 0 Å². The maximum Gasteiger partial charge on any atom is 0.534 e. The standard InChI is InChI=1S/C22H16F3N3O4S/c23-22(24,25)33(30,31)32-20-12-5-4-10-16(20)17-14-19(18-11-6-7-13-26-18)27-28(21(17)29)15-8-2-1-3-9-15/h1-13,17H,14H2. The molecule has 7 nitrogen and oxygen atoms in total. The van der Waals surface area contributed by atoms with E-state index in [0.29, 0.717) is 17.1 Å². The fourth-order valence-corrected chi connectivity index (χ4v) is 3.82. The Morgan fingerprint density at radius 1 is 0.939 bits per heavy atom. The van der Waals surface area contributed by atoms with Crippen LogP contribution in [0.25, 0.3) is 0 Å². The summed E-state index contributed by atoms with van der Waals surface area (Å²) in [5, 5.41) is 5.55. The summed E-state index contributed by atoms with van der Waals surface area (Å²) in [7, 11) is -5.93. The zero-order valence-corrected chi connectivity index (χ0v) is 17.6. The third kappa shape index (κ3) is 4.58. The van der Waals surface area contributed by atoms with Crippen molar-refractivity contribution in [1.82, 2.24) is 4.98 Å². The van der Waals surface area contributed by atoms with Gasteiger partial charge in [-0.05, 0) is 30.3 Å². The molecule has 1 aliphatic rings. The molecule has 1 atom stereocenters. The van der Waals surface area contributed by atoms with Crippen LogP contribution in [0.5, 0.6) is 5.75 Å². The Hall–Kier alpha value is -3.73. The molecule has 1 unspecified atom stereocenters. The summed E-state index contributed by atoms with van der Waals surface area (Å²) >= 11 is 0. The smallest absolute Gasteiger partial charge is 0.376 e. The molecule has 4 rings (SSSR count). The van der Waals surface area contributed by atoms with E-state index in [-0.39, 0.29) is 12.0 Å². The molecule has 3 aromatic rings. The Kier molecular flexibility index (Phi) is 5.90. The van der Waals surface area contributed by atoms with E-state index in [4.69, 9.17) is 0 Å². The fraction of sp³-hybridized carbons (Fsp3) is 0.136. The Labute approximate surface area is 187 Å². The average molecular weight is 475 g/mol. The van der Waals surface area contributed by atoms with Crippen LogP contribution in [0.3, 0.4) is 0 Å². The molecule has 0 N–H and O–H groups in total. The minimum Gasteiger partial charge on any atom is -0.376 e. The zero-order chi connectivity index (χ0) is 23.6. The topological polar surface area (TPSA) is 88.9 Å². The Balaban J connectivity index is 1.80. The van der Waals surface area contributed by atoms with Crippen molar-refractivity contribution < 1.29 is 30.6 Å². The number of carbonyl (C=O) groups excluding carboxylic acids is 1. The summed E-state index contributed by atoms with van der Waals surface area (Å²) in [6, 6.07) is 18.8. The molecule has 1 aromatic heterocycles. The predicted molar refractivity (Wildman–Crippen MR) is 114 cm³/mol. The van der Waals surface area contributed by atoms with E-state index in [2.05, 4.69) is 14.3 Å². The van der Waals surface area contributed by atoms with Gasteiger partial charge < -0.3 is 4.18 Å². The lowest BCUT2D eigenvalue weighted by molar-refractivity contribution is -0.120. The lowest BCUT2D eigenvalue weighted by Gasteiger charge is -2.30. The molecule has 0 bridgehead atoms. The number of rotatable bonds is 5. The first-order valence-corrected chi connectivity index (χ1v) is 11.1. The number of amides is 1. The van der Waals surface area contributed by atoms with Crippen molar-refractivity contribution in [3.8, 4) is 5.75 Å². The molecule has 170 valence electrons. The van der Waals surface area contributed by atoms with Gasteiger partial charge in [-0.2, -0.15) is 31.7 Å². The first-order valence-electron chi connectivity index (χ1n) is 9.65. The molecule has 2 aromatic carbocycles. The quantitative estimate of drug-likeness (QED) is 0.407. The number of pyridine rings is 1. The van der Waals surface area contributed by atoms with E-state index >= 15 is 0 Å². The molecule has 0 saturated heterocycles. The van der Waals surface area contributed by atoms with Crippen LogP contribution in [0.4, 0.5) is 18.9 Å². The lowest BCUT2D eigenvalue weighted by Crippen LogP contribution is -2.38. The third-order valence-corrected chi connectivity index (χ3v) is 5.83. The van der Waals surface area contributed by atoms with Gasteiger partial charge in [-0.1, -0.05) is 42.5 Å². The molecular formula is C22H16F3N3O4S. The second kappa shape index (κ2) is 8.66. The highest BCUT2D eigenvalue weighted by Crippen LogP contribution is 2.38. The monoisotopic (exact) mass is 475 g/mol. The van der Waals surface area contributed by atoms with E-state index in [1.54, 1.807) is 54.7 Å². The Bertz CT molecular complexity index is 1300. The number of hydrazone groups is 1. The Morgan fingerprint density at radius 2 is 1.61 bits per heavy atom. The van der Waals surface area contributed by atoms with Crippen LogP contribution >= 0.6 is 0 Å². The van der Waals surface area contributed by atoms with Crippen molar-refractivity contribution in [2.45, 2.75) is 17.8 Å². The molecule has 0 radical (unpaired) electrons. The van der Waals surface area contributed by atoms with Crippen LogP contribution in [-0.2, 0) is 14.9 Å². The maximum absolute atomic E-state index is 13.4. The summed E-state index contributed by atoms with van der Waals surface area (Å²) in [4.78, 5) is 17.6. The molecule has 0 spiro atoms. The van der Waals surface area contributed by atoms with Crippen LogP contribution in [0.15, 0.2) is 84.1 Å². The number of anilines is 1. The van der Waals surface area contributed by atoms with E-state index in [1.165, 1.54) is 18.2 Å². The van der Waals surface area contributed by atoms with Gasteiger partial charge in [0.15, 0.2) is 0 Å². The van der Waals surface area contributed by atoms with Crippen molar-refractivity contribution in [2.24, 2.45) is 5.10 Å². The second-order valence-electron chi connectivity index (χ2n) is 7.02. The maximum atomic E-state index is 13.4. The van der Waals surface area contributed by atoms with Gasteiger partial charge >= 0.3 is 15.6 Å². The molecule has 1 aliphatic heterocycles. The first-order chi connectivity index (χ1) is 15.7. The number of aromatic nitrogens is 1. The zero-order valence-electron chi connectivity index (χ0n) is 16.8. The minimum atomic E-state index is -5.93. The first kappa shape index (κ1) is 22.5. The van der Waals surface area contributed by atoms with E-state index in [9.17, 15) is 26.4 Å². The molecule has 0 fully saturated rings. The number of nitrogens with zero attached hydrogens (tertiary/aromatic N) is 3. The average Bonchev–Trinajstić information content (AvgIpc) is 2.80. The van der Waals surface area contributed by atoms with E-state index < -0.39 is 33.2 Å². The highest BCUT2D eigenvalue weighted by atomic mass is 32.2.